The highest BCUT2D eigenvalue weighted by molar-refractivity contribution is 4.75. The summed E-state index contributed by atoms with van der Waals surface area (Å²) < 4.78 is 0. The molecule has 0 atom stereocenters. The minimum atomic E-state index is 1.04. The average molecular weight is 365 g/mol. The molecule has 2 aliphatic rings. The van der Waals surface area contributed by atoms with Crippen LogP contribution in [0.1, 0.15) is 104 Å². The number of nitrogens with zero attached hydrogens (tertiary/aromatic N) is 2. The molecule has 0 spiro atoms. The molecule has 0 radical (unpaired) electrons. The summed E-state index contributed by atoms with van der Waals surface area (Å²) in [6.07, 6.45) is 20.3. The molecule has 154 valence electrons. The zero-order valence-electron chi connectivity index (χ0n) is 18.2. The highest BCUT2D eigenvalue weighted by atomic mass is 15.1. The Hall–Kier alpha value is -0.0800. The van der Waals surface area contributed by atoms with Gasteiger partial charge in [-0.3, -0.25) is 0 Å². The van der Waals surface area contributed by atoms with E-state index < -0.39 is 0 Å². The number of hydrogen-bond acceptors (Lipinski definition) is 2. The molecular weight excluding hydrogens is 316 g/mol. The van der Waals surface area contributed by atoms with Crippen molar-refractivity contribution < 1.29 is 0 Å². The van der Waals surface area contributed by atoms with Crippen LogP contribution in [-0.2, 0) is 0 Å². The van der Waals surface area contributed by atoms with E-state index in [4.69, 9.17) is 0 Å². The Morgan fingerprint density at radius 1 is 0.538 bits per heavy atom. The first kappa shape index (κ1) is 22.2. The monoisotopic (exact) mass is 364 g/mol. The molecule has 2 nitrogen and oxygen atoms in total. The van der Waals surface area contributed by atoms with Crippen molar-refractivity contribution in [2.75, 3.05) is 39.3 Å². The van der Waals surface area contributed by atoms with Gasteiger partial charge in [0.15, 0.2) is 0 Å². The second-order valence-electron chi connectivity index (χ2n) is 9.27. The van der Waals surface area contributed by atoms with E-state index >= 15 is 0 Å². The average Bonchev–Trinajstić information content (AvgIpc) is 2.68. The van der Waals surface area contributed by atoms with Crippen LogP contribution in [0.25, 0.3) is 0 Å². The van der Waals surface area contributed by atoms with Crippen molar-refractivity contribution in [3.63, 3.8) is 0 Å². The van der Waals surface area contributed by atoms with Gasteiger partial charge in [-0.1, -0.05) is 65.2 Å². The molecule has 2 fully saturated rings. The summed E-state index contributed by atoms with van der Waals surface area (Å²) in [5.41, 5.74) is 0. The van der Waals surface area contributed by atoms with Gasteiger partial charge in [0.25, 0.3) is 0 Å². The van der Waals surface area contributed by atoms with Crippen molar-refractivity contribution in [2.45, 2.75) is 104 Å². The summed E-state index contributed by atoms with van der Waals surface area (Å²) in [5, 5.41) is 0. The number of likely N-dealkylation sites (tertiary alicyclic amines) is 2. The van der Waals surface area contributed by atoms with E-state index in [0.29, 0.717) is 0 Å². The Labute approximate surface area is 165 Å². The lowest BCUT2D eigenvalue weighted by Crippen LogP contribution is -2.35. The quantitative estimate of drug-likeness (QED) is 0.351. The van der Waals surface area contributed by atoms with Crippen molar-refractivity contribution in [3.05, 3.63) is 0 Å². The van der Waals surface area contributed by atoms with Crippen LogP contribution >= 0.6 is 0 Å². The molecule has 0 aromatic carbocycles. The third-order valence-electron chi connectivity index (χ3n) is 7.04. The molecule has 0 aromatic heterocycles. The summed E-state index contributed by atoms with van der Waals surface area (Å²) in [7, 11) is 0. The van der Waals surface area contributed by atoms with E-state index in [1.165, 1.54) is 129 Å². The van der Waals surface area contributed by atoms with Crippen LogP contribution in [0.5, 0.6) is 0 Å². The van der Waals surface area contributed by atoms with E-state index in [1.54, 1.807) is 0 Å². The van der Waals surface area contributed by atoms with Gasteiger partial charge in [-0.05, 0) is 89.6 Å². The maximum Gasteiger partial charge on any atom is -0.00161 e. The topological polar surface area (TPSA) is 6.48 Å². The van der Waals surface area contributed by atoms with Gasteiger partial charge in [-0.15, -0.1) is 0 Å². The first-order valence-electron chi connectivity index (χ1n) is 12.3. The summed E-state index contributed by atoms with van der Waals surface area (Å²) >= 11 is 0. The van der Waals surface area contributed by atoms with E-state index in [-0.39, 0.29) is 0 Å². The molecule has 0 unspecified atom stereocenters. The molecule has 0 aliphatic carbocycles. The SMILES string of the molecule is CCCCCCN1CCC(CCCC2CCN(CCCCC)CC2)CC1. The second kappa shape index (κ2) is 14.0. The van der Waals surface area contributed by atoms with E-state index in [2.05, 4.69) is 23.6 Å². The predicted octanol–water partition coefficient (Wildman–Crippen LogP) is 6.35. The molecule has 2 aliphatic heterocycles. The molecule has 0 saturated carbocycles. The van der Waals surface area contributed by atoms with Gasteiger partial charge in [0.1, 0.15) is 0 Å². The standard InChI is InChI=1S/C24H48N2/c1-3-5-7-9-18-26-21-15-24(16-22-26)12-10-11-23-13-19-25(20-14-23)17-8-6-4-2/h23-24H,3-22H2,1-2H3. The Morgan fingerprint density at radius 2 is 0.962 bits per heavy atom. The van der Waals surface area contributed by atoms with Crippen LogP contribution in [0.3, 0.4) is 0 Å². The molecule has 2 rings (SSSR count). The predicted molar refractivity (Wildman–Crippen MR) is 116 cm³/mol. The first-order chi connectivity index (χ1) is 12.8. The lowest BCUT2D eigenvalue weighted by atomic mass is 9.87. The lowest BCUT2D eigenvalue weighted by Gasteiger charge is -2.33. The van der Waals surface area contributed by atoms with Crippen LogP contribution in [0.2, 0.25) is 0 Å². The fraction of sp³-hybridized carbons (Fsp3) is 1.00. The van der Waals surface area contributed by atoms with Gasteiger partial charge >= 0.3 is 0 Å². The van der Waals surface area contributed by atoms with Crippen molar-refractivity contribution in [1.82, 2.24) is 9.80 Å². The molecule has 0 bridgehead atoms. The van der Waals surface area contributed by atoms with E-state index in [0.717, 1.165) is 11.8 Å². The summed E-state index contributed by atoms with van der Waals surface area (Å²) in [5.74, 6) is 2.08. The summed E-state index contributed by atoms with van der Waals surface area (Å²) in [6.45, 7) is 12.9. The van der Waals surface area contributed by atoms with Crippen LogP contribution in [0.15, 0.2) is 0 Å². The highest BCUT2D eigenvalue weighted by Crippen LogP contribution is 2.27. The number of hydrogen-bond donors (Lipinski definition) is 0. The van der Waals surface area contributed by atoms with Gasteiger partial charge in [0.05, 0.1) is 0 Å². The first-order valence-corrected chi connectivity index (χ1v) is 12.3. The largest absolute Gasteiger partial charge is 0.303 e. The Balaban J connectivity index is 1.45. The van der Waals surface area contributed by atoms with Crippen LogP contribution in [0.4, 0.5) is 0 Å². The molecule has 0 aromatic rings. The summed E-state index contributed by atoms with van der Waals surface area (Å²) in [4.78, 5) is 5.46. The number of piperidine rings is 2. The van der Waals surface area contributed by atoms with Crippen molar-refractivity contribution in [2.24, 2.45) is 11.8 Å². The minimum absolute atomic E-state index is 1.04. The van der Waals surface area contributed by atoms with Gasteiger partial charge in [-0.2, -0.15) is 0 Å². The van der Waals surface area contributed by atoms with Crippen LogP contribution in [0, 0.1) is 11.8 Å². The molecule has 2 heteroatoms. The highest BCUT2D eigenvalue weighted by Gasteiger charge is 2.21. The third-order valence-corrected chi connectivity index (χ3v) is 7.04. The number of rotatable bonds is 13. The maximum atomic E-state index is 2.74. The molecule has 2 heterocycles. The van der Waals surface area contributed by atoms with E-state index in [9.17, 15) is 0 Å². The third kappa shape index (κ3) is 9.22. The van der Waals surface area contributed by atoms with Crippen LogP contribution < -0.4 is 0 Å². The normalized spacial score (nSPS) is 21.5. The Bertz CT molecular complexity index is 314. The fourth-order valence-corrected chi connectivity index (χ4v) is 5.04. The molecule has 0 amide bonds. The second-order valence-corrected chi connectivity index (χ2v) is 9.27. The maximum absolute atomic E-state index is 2.74. The lowest BCUT2D eigenvalue weighted by molar-refractivity contribution is 0.160. The van der Waals surface area contributed by atoms with Gasteiger partial charge in [0.2, 0.25) is 0 Å². The summed E-state index contributed by atoms with van der Waals surface area (Å²) in [6, 6.07) is 0. The van der Waals surface area contributed by atoms with Crippen LogP contribution in [-0.4, -0.2) is 49.1 Å². The zero-order valence-corrected chi connectivity index (χ0v) is 18.2. The Kier molecular flexibility index (Phi) is 12.0. The smallest absolute Gasteiger partial charge is 0.00161 e. The number of unbranched alkanes of at least 4 members (excludes halogenated alkanes) is 5. The van der Waals surface area contributed by atoms with Crippen molar-refractivity contribution >= 4 is 0 Å². The van der Waals surface area contributed by atoms with Gasteiger partial charge in [0, 0.05) is 0 Å². The Morgan fingerprint density at radius 3 is 1.42 bits per heavy atom. The molecule has 26 heavy (non-hydrogen) atoms. The molecule has 0 N–H and O–H groups in total. The van der Waals surface area contributed by atoms with Crippen molar-refractivity contribution in [3.8, 4) is 0 Å². The zero-order chi connectivity index (χ0) is 18.5. The van der Waals surface area contributed by atoms with Gasteiger partial charge in [-0.25, -0.2) is 0 Å². The molecule has 2 saturated heterocycles. The minimum Gasteiger partial charge on any atom is -0.303 e. The van der Waals surface area contributed by atoms with E-state index in [1.807, 2.05) is 0 Å². The van der Waals surface area contributed by atoms with Gasteiger partial charge < -0.3 is 9.80 Å². The molecular formula is C24H48N2. The fourth-order valence-electron chi connectivity index (χ4n) is 5.04. The van der Waals surface area contributed by atoms with Crippen molar-refractivity contribution in [1.29, 1.82) is 0 Å².